The predicted molar refractivity (Wildman–Crippen MR) is 83.8 cm³/mol. The largest absolute Gasteiger partial charge is 0.508 e. The van der Waals surface area contributed by atoms with Gasteiger partial charge in [0.1, 0.15) is 5.75 Å². The zero-order valence-electron chi connectivity index (χ0n) is 11.3. The molecule has 1 amide bonds. The Hall–Kier alpha value is -2.20. The maximum atomic E-state index is 11.3. The highest BCUT2D eigenvalue weighted by molar-refractivity contribution is 6.31. The van der Waals surface area contributed by atoms with E-state index < -0.39 is 0 Å². The SMILES string of the molecule is O=C1CCc2cc(NCc3c(O)cccc3Cl)ccc2N1. The number of aromatic hydroxyl groups is 1. The molecule has 2 aromatic rings. The maximum Gasteiger partial charge on any atom is 0.224 e. The normalized spacial score (nSPS) is 13.5. The van der Waals surface area contributed by atoms with E-state index in [4.69, 9.17) is 11.6 Å². The number of benzene rings is 2. The van der Waals surface area contributed by atoms with Gasteiger partial charge in [-0.05, 0) is 42.3 Å². The molecule has 0 saturated carbocycles. The number of halogens is 1. The summed E-state index contributed by atoms with van der Waals surface area (Å²) in [5.41, 5.74) is 3.59. The molecule has 4 nitrogen and oxygen atoms in total. The first-order valence-electron chi connectivity index (χ1n) is 6.76. The van der Waals surface area contributed by atoms with Gasteiger partial charge in [-0.1, -0.05) is 17.7 Å². The van der Waals surface area contributed by atoms with Gasteiger partial charge in [-0.15, -0.1) is 0 Å². The fourth-order valence-corrected chi connectivity index (χ4v) is 2.64. The molecule has 3 N–H and O–H groups in total. The number of fused-ring (bicyclic) bond motifs is 1. The molecule has 0 unspecified atom stereocenters. The third-order valence-corrected chi connectivity index (χ3v) is 3.92. The van der Waals surface area contributed by atoms with Crippen LogP contribution in [0.4, 0.5) is 11.4 Å². The van der Waals surface area contributed by atoms with E-state index in [1.54, 1.807) is 18.2 Å². The van der Waals surface area contributed by atoms with Crippen molar-refractivity contribution in [2.75, 3.05) is 10.6 Å². The third-order valence-electron chi connectivity index (χ3n) is 3.56. The first-order chi connectivity index (χ1) is 10.1. The van der Waals surface area contributed by atoms with Gasteiger partial charge in [-0.2, -0.15) is 0 Å². The molecule has 0 bridgehead atoms. The minimum Gasteiger partial charge on any atom is -0.508 e. The van der Waals surface area contributed by atoms with Crippen molar-refractivity contribution in [3.05, 3.63) is 52.5 Å². The van der Waals surface area contributed by atoms with Gasteiger partial charge in [0, 0.05) is 34.9 Å². The summed E-state index contributed by atoms with van der Waals surface area (Å²) in [7, 11) is 0. The van der Waals surface area contributed by atoms with Crippen LogP contribution in [0.5, 0.6) is 5.75 Å². The van der Waals surface area contributed by atoms with Crippen LogP contribution in [-0.4, -0.2) is 11.0 Å². The second kappa shape index (κ2) is 5.66. The number of rotatable bonds is 3. The van der Waals surface area contributed by atoms with Crippen LogP contribution in [-0.2, 0) is 17.8 Å². The molecule has 0 saturated heterocycles. The van der Waals surface area contributed by atoms with Gasteiger partial charge in [0.25, 0.3) is 0 Å². The average Bonchev–Trinajstić information content (AvgIpc) is 2.47. The number of hydrogen-bond donors (Lipinski definition) is 3. The Morgan fingerprint density at radius 3 is 2.90 bits per heavy atom. The van der Waals surface area contributed by atoms with E-state index in [1.165, 1.54) is 0 Å². The van der Waals surface area contributed by atoms with Crippen molar-refractivity contribution >= 4 is 28.9 Å². The molecular formula is C16H15ClN2O2. The topological polar surface area (TPSA) is 61.4 Å². The third kappa shape index (κ3) is 2.95. The summed E-state index contributed by atoms with van der Waals surface area (Å²) in [5.74, 6) is 0.240. The van der Waals surface area contributed by atoms with Gasteiger partial charge in [0.15, 0.2) is 0 Å². The molecule has 1 aliphatic rings. The fraction of sp³-hybridized carbons (Fsp3) is 0.188. The standard InChI is InChI=1S/C16H15ClN2O2/c17-13-2-1-3-15(20)12(13)9-18-11-5-6-14-10(8-11)4-7-16(21)19-14/h1-3,5-6,8,18,20H,4,7,9H2,(H,19,21). The first-order valence-corrected chi connectivity index (χ1v) is 7.14. The van der Waals surface area contributed by atoms with Crippen LogP contribution < -0.4 is 10.6 Å². The first kappa shape index (κ1) is 13.8. The second-order valence-corrected chi connectivity index (χ2v) is 5.42. The van der Waals surface area contributed by atoms with Crippen molar-refractivity contribution in [1.82, 2.24) is 0 Å². The number of anilines is 2. The Morgan fingerprint density at radius 2 is 2.10 bits per heavy atom. The van der Waals surface area contributed by atoms with E-state index in [2.05, 4.69) is 10.6 Å². The average molecular weight is 303 g/mol. The van der Waals surface area contributed by atoms with Crippen molar-refractivity contribution in [2.24, 2.45) is 0 Å². The number of carbonyl (C=O) groups is 1. The van der Waals surface area contributed by atoms with Crippen LogP contribution in [0.25, 0.3) is 0 Å². The van der Waals surface area contributed by atoms with Crippen LogP contribution in [0.15, 0.2) is 36.4 Å². The minimum absolute atomic E-state index is 0.0594. The zero-order valence-corrected chi connectivity index (χ0v) is 12.1. The van der Waals surface area contributed by atoms with Crippen LogP contribution in [0.3, 0.4) is 0 Å². The Balaban J connectivity index is 1.76. The van der Waals surface area contributed by atoms with E-state index in [1.807, 2.05) is 18.2 Å². The van der Waals surface area contributed by atoms with Crippen LogP contribution >= 0.6 is 11.6 Å². The molecule has 1 heterocycles. The molecule has 0 aromatic heterocycles. The predicted octanol–water partition coefficient (Wildman–Crippen LogP) is 3.54. The van der Waals surface area contributed by atoms with Gasteiger partial charge >= 0.3 is 0 Å². The van der Waals surface area contributed by atoms with Gasteiger partial charge in [-0.3, -0.25) is 4.79 Å². The van der Waals surface area contributed by atoms with Crippen LogP contribution in [0.2, 0.25) is 5.02 Å². The number of nitrogens with one attached hydrogen (secondary N) is 2. The molecule has 2 aromatic carbocycles. The van der Waals surface area contributed by atoms with E-state index in [0.29, 0.717) is 23.6 Å². The Kier molecular flexibility index (Phi) is 3.71. The zero-order chi connectivity index (χ0) is 14.8. The van der Waals surface area contributed by atoms with E-state index in [-0.39, 0.29) is 11.7 Å². The number of aryl methyl sites for hydroxylation is 1. The van der Waals surface area contributed by atoms with Crippen molar-refractivity contribution < 1.29 is 9.90 Å². The van der Waals surface area contributed by atoms with E-state index in [9.17, 15) is 9.90 Å². The number of hydrogen-bond acceptors (Lipinski definition) is 3. The number of phenolic OH excluding ortho intramolecular Hbond substituents is 1. The summed E-state index contributed by atoms with van der Waals surface area (Å²) in [6.07, 6.45) is 1.26. The highest BCUT2D eigenvalue weighted by Crippen LogP contribution is 2.28. The van der Waals surface area contributed by atoms with Crippen molar-refractivity contribution in [3.8, 4) is 5.75 Å². The monoisotopic (exact) mass is 302 g/mol. The van der Waals surface area contributed by atoms with Gasteiger partial charge in [0.05, 0.1) is 0 Å². The van der Waals surface area contributed by atoms with Crippen molar-refractivity contribution in [1.29, 1.82) is 0 Å². The van der Waals surface area contributed by atoms with Crippen molar-refractivity contribution in [3.63, 3.8) is 0 Å². The fourth-order valence-electron chi connectivity index (χ4n) is 2.41. The van der Waals surface area contributed by atoms with Crippen molar-refractivity contribution in [2.45, 2.75) is 19.4 Å². The molecule has 0 radical (unpaired) electrons. The molecule has 0 fully saturated rings. The molecule has 0 spiro atoms. The molecule has 1 aliphatic heterocycles. The summed E-state index contributed by atoms with van der Waals surface area (Å²) in [6.45, 7) is 0.441. The lowest BCUT2D eigenvalue weighted by Crippen LogP contribution is -2.18. The lowest BCUT2D eigenvalue weighted by Gasteiger charge is -2.18. The number of amides is 1. The number of carbonyl (C=O) groups excluding carboxylic acids is 1. The minimum atomic E-state index is 0.0594. The van der Waals surface area contributed by atoms with E-state index >= 15 is 0 Å². The molecule has 108 valence electrons. The molecule has 0 aliphatic carbocycles. The summed E-state index contributed by atoms with van der Waals surface area (Å²) in [4.78, 5) is 11.3. The molecule has 0 atom stereocenters. The van der Waals surface area contributed by atoms with E-state index in [0.717, 1.165) is 23.4 Å². The highest BCUT2D eigenvalue weighted by atomic mass is 35.5. The number of phenols is 1. The molecular weight excluding hydrogens is 288 g/mol. The highest BCUT2D eigenvalue weighted by Gasteiger charge is 2.14. The molecule has 3 rings (SSSR count). The van der Waals surface area contributed by atoms with Crippen LogP contribution in [0, 0.1) is 0 Å². The maximum absolute atomic E-state index is 11.3. The Bertz CT molecular complexity index is 680. The lowest BCUT2D eigenvalue weighted by atomic mass is 10.0. The Labute approximate surface area is 127 Å². The second-order valence-electron chi connectivity index (χ2n) is 5.01. The lowest BCUT2D eigenvalue weighted by molar-refractivity contribution is -0.116. The summed E-state index contributed by atoms with van der Waals surface area (Å²) >= 11 is 6.08. The quantitative estimate of drug-likeness (QED) is 0.812. The van der Waals surface area contributed by atoms with Gasteiger partial charge in [0.2, 0.25) is 5.91 Å². The van der Waals surface area contributed by atoms with Gasteiger partial charge < -0.3 is 15.7 Å². The van der Waals surface area contributed by atoms with Gasteiger partial charge in [-0.25, -0.2) is 0 Å². The molecule has 21 heavy (non-hydrogen) atoms. The smallest absolute Gasteiger partial charge is 0.224 e. The molecule has 5 heteroatoms. The summed E-state index contributed by atoms with van der Waals surface area (Å²) < 4.78 is 0. The summed E-state index contributed by atoms with van der Waals surface area (Å²) in [6, 6.07) is 10.9. The summed E-state index contributed by atoms with van der Waals surface area (Å²) in [5, 5.41) is 16.5. The van der Waals surface area contributed by atoms with Crippen LogP contribution in [0.1, 0.15) is 17.5 Å². The Morgan fingerprint density at radius 1 is 1.24 bits per heavy atom.